The van der Waals surface area contributed by atoms with E-state index in [0.717, 1.165) is 61.6 Å². The zero-order valence-corrected chi connectivity index (χ0v) is 19.2. The molecule has 2 aliphatic rings. The zero-order valence-electron chi connectivity index (χ0n) is 19.2. The molecule has 1 amide bonds. The smallest absolute Gasteiger partial charge is 0.276 e. The van der Waals surface area contributed by atoms with Crippen LogP contribution in [0.4, 0.5) is 0 Å². The number of aromatic nitrogens is 3. The first kappa shape index (κ1) is 20.9. The molecule has 1 aromatic carbocycles. The van der Waals surface area contributed by atoms with Gasteiger partial charge in [-0.3, -0.25) is 9.69 Å². The Morgan fingerprint density at radius 2 is 1.88 bits per heavy atom. The number of nitrogens with zero attached hydrogens (tertiary/aromatic N) is 5. The SMILES string of the molecule is Cc1nn(-c2ccccc2)c(C)c1CN1CCN(C(=O)c2noc3c2CC(C)CC3)CC1. The number of carbonyl (C=O) groups excluding carboxylic acids is 1. The van der Waals surface area contributed by atoms with Crippen LogP contribution in [0.1, 0.15) is 52.1 Å². The first-order valence-corrected chi connectivity index (χ1v) is 11.6. The van der Waals surface area contributed by atoms with Gasteiger partial charge in [-0.25, -0.2) is 4.68 Å². The van der Waals surface area contributed by atoms with Crippen molar-refractivity contribution < 1.29 is 9.32 Å². The monoisotopic (exact) mass is 433 g/mol. The molecule has 1 aliphatic carbocycles. The van der Waals surface area contributed by atoms with Gasteiger partial charge in [0.25, 0.3) is 5.91 Å². The molecule has 0 N–H and O–H groups in total. The zero-order chi connectivity index (χ0) is 22.2. The third-order valence-electron chi connectivity index (χ3n) is 6.97. The van der Waals surface area contributed by atoms with Gasteiger partial charge in [-0.2, -0.15) is 5.10 Å². The molecular weight excluding hydrogens is 402 g/mol. The largest absolute Gasteiger partial charge is 0.360 e. The number of para-hydroxylation sites is 1. The van der Waals surface area contributed by atoms with Crippen molar-refractivity contribution in [3.05, 3.63) is 64.3 Å². The molecule has 0 radical (unpaired) electrons. The van der Waals surface area contributed by atoms with E-state index in [9.17, 15) is 4.79 Å². The summed E-state index contributed by atoms with van der Waals surface area (Å²) in [5.41, 5.74) is 6.17. The van der Waals surface area contributed by atoms with E-state index in [1.54, 1.807) is 0 Å². The van der Waals surface area contributed by atoms with Crippen molar-refractivity contribution in [2.75, 3.05) is 26.2 Å². The van der Waals surface area contributed by atoms with E-state index in [4.69, 9.17) is 9.62 Å². The summed E-state index contributed by atoms with van der Waals surface area (Å²) >= 11 is 0. The van der Waals surface area contributed by atoms with Crippen LogP contribution in [0.15, 0.2) is 34.9 Å². The number of aryl methyl sites for hydroxylation is 2. The maximum Gasteiger partial charge on any atom is 0.276 e. The predicted octanol–water partition coefficient (Wildman–Crippen LogP) is 3.56. The second kappa shape index (κ2) is 8.54. The number of piperazine rings is 1. The topological polar surface area (TPSA) is 67.4 Å². The predicted molar refractivity (Wildman–Crippen MR) is 122 cm³/mol. The lowest BCUT2D eigenvalue weighted by atomic mass is 9.88. The molecule has 1 aliphatic heterocycles. The fourth-order valence-electron chi connectivity index (χ4n) is 4.95. The van der Waals surface area contributed by atoms with E-state index in [2.05, 4.69) is 43.0 Å². The van der Waals surface area contributed by atoms with Crippen molar-refractivity contribution in [1.29, 1.82) is 0 Å². The fraction of sp³-hybridized carbons (Fsp3) is 0.480. The van der Waals surface area contributed by atoms with Crippen molar-refractivity contribution in [2.45, 2.75) is 46.6 Å². The van der Waals surface area contributed by atoms with E-state index in [1.165, 1.54) is 11.3 Å². The van der Waals surface area contributed by atoms with Crippen molar-refractivity contribution in [3.8, 4) is 5.69 Å². The quantitative estimate of drug-likeness (QED) is 0.629. The Kier molecular flexibility index (Phi) is 5.59. The third-order valence-corrected chi connectivity index (χ3v) is 6.97. The van der Waals surface area contributed by atoms with Crippen molar-refractivity contribution in [3.63, 3.8) is 0 Å². The summed E-state index contributed by atoms with van der Waals surface area (Å²) in [6.45, 7) is 10.4. The molecule has 7 nitrogen and oxygen atoms in total. The highest BCUT2D eigenvalue weighted by Crippen LogP contribution is 2.29. The Morgan fingerprint density at radius 1 is 1.12 bits per heavy atom. The average molecular weight is 434 g/mol. The molecule has 1 unspecified atom stereocenters. The van der Waals surface area contributed by atoms with E-state index < -0.39 is 0 Å². The maximum atomic E-state index is 13.1. The van der Waals surface area contributed by atoms with E-state index in [1.807, 2.05) is 27.8 Å². The number of hydrogen-bond donors (Lipinski definition) is 0. The van der Waals surface area contributed by atoms with Crippen molar-refractivity contribution >= 4 is 5.91 Å². The van der Waals surface area contributed by atoms with Crippen LogP contribution in [0.25, 0.3) is 5.69 Å². The summed E-state index contributed by atoms with van der Waals surface area (Å²) in [6, 6.07) is 10.3. The molecule has 1 saturated heterocycles. The Balaban J connectivity index is 1.24. The Morgan fingerprint density at radius 3 is 2.62 bits per heavy atom. The normalized spacial score (nSPS) is 19.2. The molecule has 1 fully saturated rings. The van der Waals surface area contributed by atoms with Gasteiger partial charge in [0.15, 0.2) is 5.69 Å². The van der Waals surface area contributed by atoms with Gasteiger partial charge < -0.3 is 9.42 Å². The van der Waals surface area contributed by atoms with Gasteiger partial charge in [0, 0.05) is 56.0 Å². The molecule has 1 atom stereocenters. The molecule has 7 heteroatoms. The van der Waals surface area contributed by atoms with Crippen LogP contribution in [0, 0.1) is 19.8 Å². The van der Waals surface area contributed by atoms with Gasteiger partial charge in [0.1, 0.15) is 5.76 Å². The van der Waals surface area contributed by atoms with Crippen LogP contribution in [0.5, 0.6) is 0 Å². The second-order valence-electron chi connectivity index (χ2n) is 9.25. The highest BCUT2D eigenvalue weighted by Gasteiger charge is 2.31. The molecule has 3 heterocycles. The number of hydrogen-bond acceptors (Lipinski definition) is 5. The standard InChI is InChI=1S/C25H31N5O2/c1-17-9-10-23-21(15-17)24(27-32-23)25(31)29-13-11-28(12-14-29)16-22-18(2)26-30(19(22)3)20-7-5-4-6-8-20/h4-8,17H,9-16H2,1-3H3. The molecule has 3 aromatic rings. The van der Waals surface area contributed by atoms with E-state index in [-0.39, 0.29) is 5.91 Å². The van der Waals surface area contributed by atoms with Gasteiger partial charge >= 0.3 is 0 Å². The molecule has 32 heavy (non-hydrogen) atoms. The Labute approximate surface area is 189 Å². The van der Waals surface area contributed by atoms with Crippen LogP contribution in [0.3, 0.4) is 0 Å². The van der Waals surface area contributed by atoms with E-state index >= 15 is 0 Å². The summed E-state index contributed by atoms with van der Waals surface area (Å²) in [5.74, 6) is 1.51. The summed E-state index contributed by atoms with van der Waals surface area (Å²) in [5, 5.41) is 8.93. The minimum Gasteiger partial charge on any atom is -0.360 e. The second-order valence-corrected chi connectivity index (χ2v) is 9.25. The Bertz CT molecular complexity index is 1110. The van der Waals surface area contributed by atoms with Crippen LogP contribution in [-0.2, 0) is 19.4 Å². The minimum absolute atomic E-state index is 0.0213. The molecule has 2 aromatic heterocycles. The lowest BCUT2D eigenvalue weighted by Gasteiger charge is -2.34. The van der Waals surface area contributed by atoms with E-state index in [0.29, 0.717) is 24.7 Å². The molecule has 0 saturated carbocycles. The number of benzene rings is 1. The van der Waals surface area contributed by atoms with Crippen LogP contribution >= 0.6 is 0 Å². The number of carbonyl (C=O) groups is 1. The molecular formula is C25H31N5O2. The average Bonchev–Trinajstić information content (AvgIpc) is 3.35. The van der Waals surface area contributed by atoms with Crippen LogP contribution < -0.4 is 0 Å². The van der Waals surface area contributed by atoms with Crippen molar-refractivity contribution in [1.82, 2.24) is 24.7 Å². The summed E-state index contributed by atoms with van der Waals surface area (Å²) in [6.07, 6.45) is 2.89. The lowest BCUT2D eigenvalue weighted by Crippen LogP contribution is -2.48. The van der Waals surface area contributed by atoms with Gasteiger partial charge in [-0.05, 0) is 44.7 Å². The summed E-state index contributed by atoms with van der Waals surface area (Å²) in [4.78, 5) is 17.5. The lowest BCUT2D eigenvalue weighted by molar-refractivity contribution is 0.0617. The fourth-order valence-corrected chi connectivity index (χ4v) is 4.95. The minimum atomic E-state index is 0.0213. The van der Waals surface area contributed by atoms with Crippen molar-refractivity contribution in [2.24, 2.45) is 5.92 Å². The Hall–Kier alpha value is -2.93. The molecule has 0 spiro atoms. The van der Waals surface area contributed by atoms with Gasteiger partial charge in [0.2, 0.25) is 0 Å². The maximum absolute atomic E-state index is 13.1. The molecule has 5 rings (SSSR count). The summed E-state index contributed by atoms with van der Waals surface area (Å²) in [7, 11) is 0. The third kappa shape index (κ3) is 3.86. The highest BCUT2D eigenvalue weighted by atomic mass is 16.5. The molecule has 0 bridgehead atoms. The van der Waals surface area contributed by atoms with Gasteiger partial charge in [0.05, 0.1) is 11.4 Å². The van der Waals surface area contributed by atoms with Crippen LogP contribution in [0.2, 0.25) is 0 Å². The molecule has 168 valence electrons. The van der Waals surface area contributed by atoms with Gasteiger partial charge in [-0.15, -0.1) is 0 Å². The van der Waals surface area contributed by atoms with Gasteiger partial charge in [-0.1, -0.05) is 30.3 Å². The number of rotatable bonds is 4. The number of amides is 1. The number of fused-ring (bicyclic) bond motifs is 1. The first-order chi connectivity index (χ1) is 15.5. The highest BCUT2D eigenvalue weighted by molar-refractivity contribution is 5.94. The first-order valence-electron chi connectivity index (χ1n) is 11.6. The van der Waals surface area contributed by atoms with Crippen LogP contribution in [-0.4, -0.2) is 56.8 Å². The summed E-state index contributed by atoms with van der Waals surface area (Å²) < 4.78 is 7.52.